The van der Waals surface area contributed by atoms with Gasteiger partial charge >= 0.3 is 0 Å². The third-order valence-electron chi connectivity index (χ3n) is 3.70. The molecule has 0 bridgehead atoms. The summed E-state index contributed by atoms with van der Waals surface area (Å²) in [5.41, 5.74) is 15.1. The zero-order valence-corrected chi connectivity index (χ0v) is 12.5. The van der Waals surface area contributed by atoms with Crippen molar-refractivity contribution >= 4 is 29.4 Å². The molecule has 0 fully saturated rings. The van der Waals surface area contributed by atoms with Crippen molar-refractivity contribution in [1.29, 1.82) is 0 Å². The fourth-order valence-corrected chi connectivity index (χ4v) is 2.57. The number of rotatable bonds is 3. The molecule has 126 valence electrons. The van der Waals surface area contributed by atoms with E-state index in [1.165, 1.54) is 18.2 Å². The Balaban J connectivity index is 2.35. The molecule has 2 aromatic rings. The second-order valence-corrected chi connectivity index (χ2v) is 5.27. The summed E-state index contributed by atoms with van der Waals surface area (Å²) in [5.74, 6) is -3.52. The van der Waals surface area contributed by atoms with Crippen molar-refractivity contribution in [3.8, 4) is 5.69 Å². The molecule has 1 aliphatic heterocycles. The molecule has 2 heterocycles. The van der Waals surface area contributed by atoms with Crippen molar-refractivity contribution in [1.82, 2.24) is 9.88 Å². The molecule has 25 heavy (non-hydrogen) atoms. The number of hydrogen-bond donors (Lipinski definition) is 4. The Morgan fingerprint density at radius 3 is 1.96 bits per heavy atom. The molecule has 1 aromatic carbocycles. The Morgan fingerprint density at radius 1 is 0.880 bits per heavy atom. The number of hydrogen-bond acceptors (Lipinski definition) is 6. The SMILES string of the molecule is NC(=O)c1cc(C(N)=O)cc(-n2c(N)c3c(cc2=O)C(=O)NC3=O)c1. The van der Waals surface area contributed by atoms with Crippen LogP contribution in [0.1, 0.15) is 41.4 Å². The third-order valence-corrected chi connectivity index (χ3v) is 3.70. The molecule has 0 saturated heterocycles. The monoisotopic (exact) mass is 341 g/mol. The Morgan fingerprint density at radius 2 is 1.44 bits per heavy atom. The van der Waals surface area contributed by atoms with E-state index in [0.29, 0.717) is 0 Å². The van der Waals surface area contributed by atoms with E-state index in [4.69, 9.17) is 17.2 Å². The number of imide groups is 1. The minimum Gasteiger partial charge on any atom is -0.384 e. The van der Waals surface area contributed by atoms with Crippen molar-refractivity contribution in [2.45, 2.75) is 0 Å². The predicted molar refractivity (Wildman–Crippen MR) is 85.3 cm³/mol. The Labute approximate surface area is 139 Å². The lowest BCUT2D eigenvalue weighted by atomic mass is 10.1. The first-order valence-electron chi connectivity index (χ1n) is 6.87. The number of carbonyl (C=O) groups excluding carboxylic acids is 4. The van der Waals surface area contributed by atoms with E-state index < -0.39 is 29.2 Å². The molecule has 1 aliphatic rings. The van der Waals surface area contributed by atoms with Gasteiger partial charge in [0.2, 0.25) is 11.8 Å². The van der Waals surface area contributed by atoms with Crippen LogP contribution in [-0.2, 0) is 0 Å². The number of carbonyl (C=O) groups is 4. The van der Waals surface area contributed by atoms with Crippen LogP contribution in [0.5, 0.6) is 0 Å². The third kappa shape index (κ3) is 2.41. The maximum atomic E-state index is 12.4. The van der Waals surface area contributed by atoms with Gasteiger partial charge < -0.3 is 17.2 Å². The molecule has 7 N–H and O–H groups in total. The number of nitrogens with two attached hydrogens (primary N) is 3. The zero-order chi connectivity index (χ0) is 18.5. The average Bonchev–Trinajstić information content (AvgIpc) is 2.81. The number of aromatic nitrogens is 1. The van der Waals surface area contributed by atoms with Gasteiger partial charge in [-0.1, -0.05) is 0 Å². The summed E-state index contributed by atoms with van der Waals surface area (Å²) in [6.45, 7) is 0. The molecular formula is C15H11N5O5. The molecule has 0 radical (unpaired) electrons. The fourth-order valence-electron chi connectivity index (χ4n) is 2.57. The smallest absolute Gasteiger partial charge is 0.262 e. The topological polar surface area (TPSA) is 180 Å². The second-order valence-electron chi connectivity index (χ2n) is 5.27. The second kappa shape index (κ2) is 5.30. The molecular weight excluding hydrogens is 330 g/mol. The van der Waals surface area contributed by atoms with E-state index in [-0.39, 0.29) is 33.8 Å². The van der Waals surface area contributed by atoms with Gasteiger partial charge in [0.15, 0.2) is 0 Å². The van der Waals surface area contributed by atoms with Gasteiger partial charge in [0.1, 0.15) is 5.82 Å². The molecule has 0 spiro atoms. The molecule has 10 heteroatoms. The van der Waals surface area contributed by atoms with Crippen LogP contribution in [0.4, 0.5) is 5.82 Å². The van der Waals surface area contributed by atoms with Gasteiger partial charge in [-0.25, -0.2) is 0 Å². The van der Waals surface area contributed by atoms with E-state index in [9.17, 15) is 24.0 Å². The molecule has 10 nitrogen and oxygen atoms in total. The van der Waals surface area contributed by atoms with Gasteiger partial charge in [-0.05, 0) is 18.2 Å². The summed E-state index contributed by atoms with van der Waals surface area (Å²) in [4.78, 5) is 58.8. The summed E-state index contributed by atoms with van der Waals surface area (Å²) in [6.07, 6.45) is 0. The van der Waals surface area contributed by atoms with Crippen LogP contribution in [0.25, 0.3) is 5.69 Å². The van der Waals surface area contributed by atoms with Crippen LogP contribution >= 0.6 is 0 Å². The highest BCUT2D eigenvalue weighted by Gasteiger charge is 2.32. The summed E-state index contributed by atoms with van der Waals surface area (Å²) >= 11 is 0. The summed E-state index contributed by atoms with van der Waals surface area (Å²) in [6, 6.07) is 4.53. The highest BCUT2D eigenvalue weighted by atomic mass is 16.2. The van der Waals surface area contributed by atoms with Crippen LogP contribution < -0.4 is 28.1 Å². The van der Waals surface area contributed by atoms with E-state index in [2.05, 4.69) is 0 Å². The van der Waals surface area contributed by atoms with Gasteiger partial charge in [-0.15, -0.1) is 0 Å². The molecule has 0 unspecified atom stereocenters. The van der Waals surface area contributed by atoms with Crippen LogP contribution in [0, 0.1) is 0 Å². The van der Waals surface area contributed by atoms with Gasteiger partial charge in [0, 0.05) is 17.2 Å². The van der Waals surface area contributed by atoms with E-state index >= 15 is 0 Å². The molecule has 0 atom stereocenters. The minimum atomic E-state index is -0.856. The Hall–Kier alpha value is -3.95. The number of benzene rings is 1. The molecule has 3 rings (SSSR count). The number of pyridine rings is 1. The van der Waals surface area contributed by atoms with Crippen LogP contribution in [0.3, 0.4) is 0 Å². The first kappa shape index (κ1) is 15.9. The quantitative estimate of drug-likeness (QED) is 0.493. The number of primary amides is 2. The van der Waals surface area contributed by atoms with E-state index in [1.807, 2.05) is 5.32 Å². The Kier molecular flexibility index (Phi) is 3.38. The summed E-state index contributed by atoms with van der Waals surface area (Å²) in [5, 5.41) is 2.03. The lowest BCUT2D eigenvalue weighted by molar-refractivity contribution is 0.0877. The number of amides is 4. The fraction of sp³-hybridized carbons (Fsp3) is 0. The number of nitrogens with zero attached hydrogens (tertiary/aromatic N) is 1. The maximum absolute atomic E-state index is 12.4. The van der Waals surface area contributed by atoms with Gasteiger partial charge in [-0.3, -0.25) is 33.9 Å². The largest absolute Gasteiger partial charge is 0.384 e. The normalized spacial score (nSPS) is 12.6. The van der Waals surface area contributed by atoms with E-state index in [0.717, 1.165) is 10.6 Å². The van der Waals surface area contributed by atoms with Crippen molar-refractivity contribution in [3.05, 3.63) is 56.9 Å². The first-order chi connectivity index (χ1) is 11.7. The minimum absolute atomic E-state index is 0.00236. The van der Waals surface area contributed by atoms with Crippen molar-refractivity contribution in [2.24, 2.45) is 11.5 Å². The van der Waals surface area contributed by atoms with Crippen molar-refractivity contribution in [3.63, 3.8) is 0 Å². The molecule has 0 saturated carbocycles. The van der Waals surface area contributed by atoms with Gasteiger partial charge in [0.05, 0.1) is 16.8 Å². The van der Waals surface area contributed by atoms with E-state index in [1.54, 1.807) is 0 Å². The lowest BCUT2D eigenvalue weighted by Gasteiger charge is -2.13. The lowest BCUT2D eigenvalue weighted by Crippen LogP contribution is -2.25. The van der Waals surface area contributed by atoms with Crippen LogP contribution in [-0.4, -0.2) is 28.2 Å². The van der Waals surface area contributed by atoms with Crippen molar-refractivity contribution in [2.75, 3.05) is 5.73 Å². The van der Waals surface area contributed by atoms with Crippen LogP contribution in [0.15, 0.2) is 29.1 Å². The molecule has 4 amide bonds. The number of nitrogen functional groups attached to an aromatic ring is 1. The highest BCUT2D eigenvalue weighted by molar-refractivity contribution is 6.23. The van der Waals surface area contributed by atoms with Crippen molar-refractivity contribution < 1.29 is 19.2 Å². The Bertz CT molecular complexity index is 1020. The number of fused-ring (bicyclic) bond motifs is 1. The first-order valence-corrected chi connectivity index (χ1v) is 6.87. The van der Waals surface area contributed by atoms with Gasteiger partial charge in [0.25, 0.3) is 17.4 Å². The standard InChI is InChI=1S/C15H11N5O5/c16-11-10-8(14(24)19-15(10)25)4-9(21)20(11)7-2-5(12(17)22)1-6(3-7)13(18)23/h1-4H,16H2,(H2,17,22)(H2,18,23)(H,19,24,25). The molecule has 1 aromatic heterocycles. The maximum Gasteiger partial charge on any atom is 0.262 e. The number of anilines is 1. The van der Waals surface area contributed by atoms with Crippen LogP contribution in [0.2, 0.25) is 0 Å². The predicted octanol–water partition coefficient (Wildman–Crippen LogP) is -1.50. The zero-order valence-electron chi connectivity index (χ0n) is 12.5. The summed E-state index contributed by atoms with van der Waals surface area (Å²) in [7, 11) is 0. The number of nitrogens with one attached hydrogen (secondary N) is 1. The highest BCUT2D eigenvalue weighted by Crippen LogP contribution is 2.24. The van der Waals surface area contributed by atoms with Gasteiger partial charge in [-0.2, -0.15) is 0 Å². The average molecular weight is 341 g/mol. The molecule has 0 aliphatic carbocycles. The summed E-state index contributed by atoms with van der Waals surface area (Å²) < 4.78 is 0.885.